The van der Waals surface area contributed by atoms with Gasteiger partial charge in [-0.25, -0.2) is 0 Å². The van der Waals surface area contributed by atoms with Gasteiger partial charge in [0.25, 0.3) is 0 Å². The standard InChI is InChI=1S/C33H36OS3/c1-32-15-13-21(29-4-3-17-35-29)18-22(32)5-9-26-27-10-6-23(33(27,2)16-14-28(26)32)19-24-7-11-30(36-24)31-12-8-25(20-34)37-31/h3-4,7-8,11-13,17,19-20,22,26-28H,5-6,9-10,14-16,18H2,1-2H3/b23-19-/t22-,26-,27-,28-,32-,33+/m0/s1. The summed E-state index contributed by atoms with van der Waals surface area (Å²) in [6, 6.07) is 13.1. The quantitative estimate of drug-likeness (QED) is 0.299. The van der Waals surface area contributed by atoms with Crippen LogP contribution in [-0.2, 0) is 0 Å². The van der Waals surface area contributed by atoms with Crippen molar-refractivity contribution in [2.75, 3.05) is 0 Å². The number of aldehydes is 1. The topological polar surface area (TPSA) is 17.1 Å². The molecule has 0 N–H and O–H groups in total. The van der Waals surface area contributed by atoms with Crippen LogP contribution in [0.1, 0.15) is 84.6 Å². The number of hydrogen-bond acceptors (Lipinski definition) is 4. The maximum Gasteiger partial charge on any atom is 0.160 e. The Morgan fingerprint density at radius 2 is 1.70 bits per heavy atom. The number of carbonyl (C=O) groups is 1. The van der Waals surface area contributed by atoms with Crippen LogP contribution in [-0.4, -0.2) is 6.29 Å². The zero-order chi connectivity index (χ0) is 25.2. The molecule has 0 unspecified atom stereocenters. The second kappa shape index (κ2) is 9.17. The maximum absolute atomic E-state index is 11.1. The van der Waals surface area contributed by atoms with Gasteiger partial charge in [0.05, 0.1) is 4.88 Å². The Labute approximate surface area is 233 Å². The molecule has 37 heavy (non-hydrogen) atoms. The van der Waals surface area contributed by atoms with Crippen LogP contribution >= 0.6 is 34.0 Å². The highest BCUT2D eigenvalue weighted by atomic mass is 32.1. The van der Waals surface area contributed by atoms with Crippen LogP contribution in [0.5, 0.6) is 0 Å². The van der Waals surface area contributed by atoms with Gasteiger partial charge >= 0.3 is 0 Å². The fraction of sp³-hybridized carbons (Fsp3) is 0.485. The minimum atomic E-state index is 0.370. The third-order valence-electron chi connectivity index (χ3n) is 10.9. The van der Waals surface area contributed by atoms with Crippen molar-refractivity contribution >= 4 is 51.9 Å². The van der Waals surface area contributed by atoms with Gasteiger partial charge in [-0.15, -0.1) is 34.0 Å². The van der Waals surface area contributed by atoms with Gasteiger partial charge < -0.3 is 0 Å². The van der Waals surface area contributed by atoms with Crippen LogP contribution in [0.15, 0.2) is 53.4 Å². The van der Waals surface area contributed by atoms with E-state index in [9.17, 15) is 4.79 Å². The fourth-order valence-electron chi connectivity index (χ4n) is 8.91. The lowest BCUT2D eigenvalue weighted by Gasteiger charge is -2.59. The molecule has 0 bridgehead atoms. The molecule has 4 heteroatoms. The smallest absolute Gasteiger partial charge is 0.160 e. The summed E-state index contributed by atoms with van der Waals surface area (Å²) in [6.07, 6.45) is 17.0. The second-order valence-corrected chi connectivity index (χ2v) is 15.6. The van der Waals surface area contributed by atoms with E-state index in [4.69, 9.17) is 0 Å². The Morgan fingerprint density at radius 1 is 0.892 bits per heavy atom. The summed E-state index contributed by atoms with van der Waals surface area (Å²) in [5, 5.41) is 2.23. The number of rotatable bonds is 4. The lowest BCUT2D eigenvalue weighted by Crippen LogP contribution is -2.51. The highest BCUT2D eigenvalue weighted by molar-refractivity contribution is 7.23. The van der Waals surface area contributed by atoms with Crippen molar-refractivity contribution in [1.82, 2.24) is 0 Å². The summed E-state index contributed by atoms with van der Waals surface area (Å²) < 4.78 is 0. The zero-order valence-electron chi connectivity index (χ0n) is 21.9. The predicted octanol–water partition coefficient (Wildman–Crippen LogP) is 10.5. The molecule has 7 rings (SSSR count). The number of allylic oxidation sites excluding steroid dienone is 3. The van der Waals surface area contributed by atoms with Crippen LogP contribution < -0.4 is 0 Å². The number of hydrogen-bond donors (Lipinski definition) is 0. The molecule has 0 saturated heterocycles. The first-order chi connectivity index (χ1) is 18.0. The van der Waals surface area contributed by atoms with E-state index in [0.29, 0.717) is 10.8 Å². The molecular formula is C33H36OS3. The average molecular weight is 545 g/mol. The van der Waals surface area contributed by atoms with E-state index in [-0.39, 0.29) is 0 Å². The van der Waals surface area contributed by atoms with Crippen molar-refractivity contribution < 1.29 is 4.79 Å². The van der Waals surface area contributed by atoms with Crippen molar-refractivity contribution in [3.8, 4) is 9.75 Å². The molecule has 3 fully saturated rings. The molecule has 0 amide bonds. The van der Waals surface area contributed by atoms with E-state index in [2.05, 4.69) is 61.7 Å². The molecule has 3 heterocycles. The Morgan fingerprint density at radius 3 is 2.46 bits per heavy atom. The SMILES string of the molecule is C[C@]12CC=C(c3cccs3)C[C@@H]1CC[C@@H]1[C@@H]2CC[C@]2(C)/C(=C\c3ccc(-c4ccc(C=O)s4)s3)CC[C@@H]12. The van der Waals surface area contributed by atoms with Gasteiger partial charge in [-0.3, -0.25) is 4.79 Å². The molecule has 4 aliphatic rings. The summed E-state index contributed by atoms with van der Waals surface area (Å²) >= 11 is 5.40. The van der Waals surface area contributed by atoms with Gasteiger partial charge in [0.15, 0.2) is 6.29 Å². The first-order valence-electron chi connectivity index (χ1n) is 14.1. The van der Waals surface area contributed by atoms with Crippen LogP contribution in [0, 0.1) is 34.5 Å². The third kappa shape index (κ3) is 3.93. The van der Waals surface area contributed by atoms with E-state index in [1.54, 1.807) is 22.5 Å². The number of thiophene rings is 3. The summed E-state index contributed by atoms with van der Waals surface area (Å²) in [4.78, 5) is 17.3. The zero-order valence-corrected chi connectivity index (χ0v) is 24.3. The molecule has 3 saturated carbocycles. The summed E-state index contributed by atoms with van der Waals surface area (Å²) in [5.74, 6) is 3.50. The predicted molar refractivity (Wildman–Crippen MR) is 160 cm³/mol. The van der Waals surface area contributed by atoms with Crippen LogP contribution in [0.3, 0.4) is 0 Å². The highest BCUT2D eigenvalue weighted by Gasteiger charge is 2.58. The molecule has 0 aromatic carbocycles. The van der Waals surface area contributed by atoms with Crippen molar-refractivity contribution in [3.05, 3.63) is 68.1 Å². The van der Waals surface area contributed by atoms with E-state index < -0.39 is 0 Å². The van der Waals surface area contributed by atoms with E-state index >= 15 is 0 Å². The minimum absolute atomic E-state index is 0.370. The largest absolute Gasteiger partial charge is 0.297 e. The summed E-state index contributed by atoms with van der Waals surface area (Å²) in [7, 11) is 0. The van der Waals surface area contributed by atoms with Crippen molar-refractivity contribution in [2.24, 2.45) is 34.5 Å². The number of carbonyl (C=O) groups excluding carboxylic acids is 1. The molecular weight excluding hydrogens is 509 g/mol. The third-order valence-corrected chi connectivity index (χ3v) is 14.1. The van der Waals surface area contributed by atoms with Gasteiger partial charge in [0.2, 0.25) is 0 Å². The van der Waals surface area contributed by atoms with Gasteiger partial charge in [0, 0.05) is 19.5 Å². The summed E-state index contributed by atoms with van der Waals surface area (Å²) in [6.45, 7) is 5.28. The molecule has 1 nitrogen and oxygen atoms in total. The highest BCUT2D eigenvalue weighted by Crippen LogP contribution is 2.67. The second-order valence-electron chi connectivity index (χ2n) is 12.5. The number of fused-ring (bicyclic) bond motifs is 5. The fourth-order valence-corrected chi connectivity index (χ4v) is 11.6. The van der Waals surface area contributed by atoms with Crippen LogP contribution in [0.25, 0.3) is 21.4 Å². The molecule has 3 aromatic rings. The van der Waals surface area contributed by atoms with E-state index in [0.717, 1.165) is 34.8 Å². The first-order valence-corrected chi connectivity index (χ1v) is 16.6. The lowest BCUT2D eigenvalue weighted by molar-refractivity contribution is -0.0793. The Bertz CT molecular complexity index is 1370. The Kier molecular flexibility index (Phi) is 6.02. The average Bonchev–Trinajstić information content (AvgIpc) is 3.70. The van der Waals surface area contributed by atoms with Crippen molar-refractivity contribution in [3.63, 3.8) is 0 Å². The molecule has 6 atom stereocenters. The Hall–Kier alpha value is -1.75. The first kappa shape index (κ1) is 24.3. The van der Waals surface area contributed by atoms with Gasteiger partial charge in [-0.1, -0.05) is 31.6 Å². The lowest BCUT2D eigenvalue weighted by atomic mass is 9.45. The Balaban J connectivity index is 1.12. The normalized spacial score (nSPS) is 36.1. The van der Waals surface area contributed by atoms with Gasteiger partial charge in [0.1, 0.15) is 0 Å². The maximum atomic E-state index is 11.1. The molecule has 192 valence electrons. The van der Waals surface area contributed by atoms with Crippen LogP contribution in [0.2, 0.25) is 0 Å². The molecule has 0 radical (unpaired) electrons. The van der Waals surface area contributed by atoms with Crippen LogP contribution in [0.4, 0.5) is 0 Å². The molecule has 0 spiro atoms. The molecule has 3 aromatic heterocycles. The summed E-state index contributed by atoms with van der Waals surface area (Å²) in [5.41, 5.74) is 4.19. The van der Waals surface area contributed by atoms with E-state index in [1.807, 2.05) is 28.7 Å². The van der Waals surface area contributed by atoms with Crippen molar-refractivity contribution in [2.45, 2.75) is 65.2 Å². The molecule has 4 aliphatic carbocycles. The van der Waals surface area contributed by atoms with Gasteiger partial charge in [-0.2, -0.15) is 0 Å². The monoisotopic (exact) mass is 544 g/mol. The van der Waals surface area contributed by atoms with Crippen molar-refractivity contribution in [1.29, 1.82) is 0 Å². The van der Waals surface area contributed by atoms with E-state index in [1.165, 1.54) is 70.9 Å². The van der Waals surface area contributed by atoms with Gasteiger partial charge in [-0.05, 0) is 133 Å². The minimum Gasteiger partial charge on any atom is -0.297 e. The molecule has 0 aliphatic heterocycles.